The first-order valence-electron chi connectivity index (χ1n) is 3.35. The standard InChI is InChI=1S/C6H6N4/c7-6-8-4-5-2-1-3-10(5)9-6/h1-4H,(H2,7,9)/i4D. The number of nitrogens with two attached hydrogens (primary N) is 1. The minimum atomic E-state index is 0.124. The summed E-state index contributed by atoms with van der Waals surface area (Å²) >= 11 is 0. The van der Waals surface area contributed by atoms with Gasteiger partial charge in [-0.2, -0.15) is 0 Å². The highest BCUT2D eigenvalue weighted by molar-refractivity contribution is 5.44. The lowest BCUT2D eigenvalue weighted by Crippen LogP contribution is -1.98. The Balaban J connectivity index is 2.91. The Morgan fingerprint density at radius 1 is 1.70 bits per heavy atom. The number of anilines is 1. The molecule has 2 aromatic rings. The van der Waals surface area contributed by atoms with E-state index in [4.69, 9.17) is 7.10 Å². The van der Waals surface area contributed by atoms with Gasteiger partial charge in [0.1, 0.15) is 0 Å². The largest absolute Gasteiger partial charge is 0.367 e. The van der Waals surface area contributed by atoms with Gasteiger partial charge in [-0.1, -0.05) is 0 Å². The van der Waals surface area contributed by atoms with Gasteiger partial charge < -0.3 is 5.73 Å². The first-order chi connectivity index (χ1) is 5.27. The number of hydrogen-bond donors (Lipinski definition) is 1. The van der Waals surface area contributed by atoms with Gasteiger partial charge in [0, 0.05) is 6.20 Å². The lowest BCUT2D eigenvalue weighted by atomic mass is 10.5. The molecular weight excluding hydrogens is 128 g/mol. The maximum atomic E-state index is 7.37. The predicted octanol–water partition coefficient (Wildman–Crippen LogP) is 0.311. The molecule has 0 radical (unpaired) electrons. The number of fused-ring (bicyclic) bond motifs is 1. The van der Waals surface area contributed by atoms with Crippen LogP contribution in [0.2, 0.25) is 0 Å². The molecule has 0 aliphatic rings. The molecule has 0 unspecified atom stereocenters. The van der Waals surface area contributed by atoms with E-state index in [1.165, 1.54) is 4.52 Å². The van der Waals surface area contributed by atoms with Gasteiger partial charge in [-0.25, -0.2) is 9.50 Å². The summed E-state index contributed by atoms with van der Waals surface area (Å²) in [7, 11) is 0. The smallest absolute Gasteiger partial charge is 0.238 e. The number of hydrogen-bond acceptors (Lipinski definition) is 3. The van der Waals surface area contributed by atoms with E-state index >= 15 is 0 Å². The van der Waals surface area contributed by atoms with Crippen molar-refractivity contribution in [2.45, 2.75) is 0 Å². The molecule has 4 heteroatoms. The highest BCUT2D eigenvalue weighted by Gasteiger charge is 1.91. The Morgan fingerprint density at radius 2 is 2.60 bits per heavy atom. The Labute approximate surface area is 58.7 Å². The topological polar surface area (TPSA) is 56.2 Å². The summed E-state index contributed by atoms with van der Waals surface area (Å²) in [6.45, 7) is 0. The molecule has 2 heterocycles. The van der Waals surface area contributed by atoms with Gasteiger partial charge >= 0.3 is 0 Å². The summed E-state index contributed by atoms with van der Waals surface area (Å²) in [4.78, 5) is 3.69. The van der Waals surface area contributed by atoms with Crippen LogP contribution in [0.5, 0.6) is 0 Å². The third kappa shape index (κ3) is 0.621. The van der Waals surface area contributed by atoms with E-state index < -0.39 is 0 Å². The molecular formula is C6H6N4. The normalized spacial score (nSPS) is 11.8. The van der Waals surface area contributed by atoms with Crippen LogP contribution in [0.15, 0.2) is 24.5 Å². The first kappa shape index (κ1) is 4.27. The van der Waals surface area contributed by atoms with Crippen LogP contribution >= 0.6 is 0 Å². The van der Waals surface area contributed by atoms with E-state index in [1.807, 2.05) is 0 Å². The van der Waals surface area contributed by atoms with E-state index in [9.17, 15) is 0 Å². The summed E-state index contributed by atoms with van der Waals surface area (Å²) in [5, 5.41) is 3.86. The third-order valence-electron chi connectivity index (χ3n) is 1.22. The summed E-state index contributed by atoms with van der Waals surface area (Å²) < 4.78 is 8.90. The number of nitrogens with zero attached hydrogens (tertiary/aromatic N) is 3. The zero-order valence-electron chi connectivity index (χ0n) is 6.15. The molecule has 0 spiro atoms. The second-order valence-corrected chi connectivity index (χ2v) is 1.92. The summed E-state index contributed by atoms with van der Waals surface area (Å²) in [5.74, 6) is 0.124. The van der Waals surface area contributed by atoms with Gasteiger partial charge in [-0.05, 0) is 12.1 Å². The van der Waals surface area contributed by atoms with Crippen molar-refractivity contribution in [3.05, 3.63) is 24.5 Å². The van der Waals surface area contributed by atoms with Gasteiger partial charge in [-0.3, -0.25) is 0 Å². The molecule has 0 aromatic carbocycles. The van der Waals surface area contributed by atoms with Crippen molar-refractivity contribution in [3.8, 4) is 0 Å². The molecule has 0 saturated heterocycles. The number of rotatable bonds is 0. The fourth-order valence-corrected chi connectivity index (χ4v) is 0.795. The molecule has 0 amide bonds. The van der Waals surface area contributed by atoms with Crippen molar-refractivity contribution in [1.29, 1.82) is 0 Å². The molecule has 2 rings (SSSR count). The fourth-order valence-electron chi connectivity index (χ4n) is 0.795. The molecule has 0 aliphatic heterocycles. The first-order valence-corrected chi connectivity index (χ1v) is 2.85. The summed E-state index contributed by atoms with van der Waals surface area (Å²) in [6, 6.07) is 3.56. The van der Waals surface area contributed by atoms with Crippen LogP contribution in [0.1, 0.15) is 1.37 Å². The fraction of sp³-hybridized carbons (Fsp3) is 0. The molecule has 10 heavy (non-hydrogen) atoms. The van der Waals surface area contributed by atoms with Crippen LogP contribution in [-0.2, 0) is 0 Å². The summed E-state index contributed by atoms with van der Waals surface area (Å²) in [6.07, 6.45) is 1.88. The van der Waals surface area contributed by atoms with Crippen molar-refractivity contribution in [1.82, 2.24) is 14.6 Å². The van der Waals surface area contributed by atoms with Crippen LogP contribution in [0.4, 0.5) is 5.95 Å². The van der Waals surface area contributed by atoms with E-state index in [-0.39, 0.29) is 12.1 Å². The Morgan fingerprint density at radius 3 is 3.50 bits per heavy atom. The van der Waals surface area contributed by atoms with Crippen molar-refractivity contribution in [2.24, 2.45) is 0 Å². The summed E-state index contributed by atoms with van der Waals surface area (Å²) in [5.41, 5.74) is 5.99. The molecule has 50 valence electrons. The van der Waals surface area contributed by atoms with E-state index in [1.54, 1.807) is 18.3 Å². The van der Waals surface area contributed by atoms with E-state index in [0.29, 0.717) is 5.52 Å². The zero-order valence-corrected chi connectivity index (χ0v) is 5.15. The van der Waals surface area contributed by atoms with Crippen LogP contribution in [0.3, 0.4) is 0 Å². The lowest BCUT2D eigenvalue weighted by Gasteiger charge is -1.92. The van der Waals surface area contributed by atoms with Gasteiger partial charge in [-0.15, -0.1) is 5.10 Å². The second-order valence-electron chi connectivity index (χ2n) is 1.92. The minimum absolute atomic E-state index is 0.124. The zero-order chi connectivity index (χ0) is 7.84. The van der Waals surface area contributed by atoms with Gasteiger partial charge in [0.15, 0.2) is 0 Å². The Hall–Kier alpha value is -1.58. The van der Waals surface area contributed by atoms with Gasteiger partial charge in [0.2, 0.25) is 5.95 Å². The van der Waals surface area contributed by atoms with Crippen LogP contribution in [-0.4, -0.2) is 14.6 Å². The molecule has 0 bridgehead atoms. The second kappa shape index (κ2) is 1.70. The van der Waals surface area contributed by atoms with Crippen molar-refractivity contribution >= 4 is 11.5 Å². The van der Waals surface area contributed by atoms with Crippen LogP contribution in [0.25, 0.3) is 5.52 Å². The van der Waals surface area contributed by atoms with Crippen LogP contribution < -0.4 is 5.73 Å². The number of aromatic nitrogens is 3. The molecule has 0 fully saturated rings. The maximum absolute atomic E-state index is 7.37. The molecule has 0 aliphatic carbocycles. The minimum Gasteiger partial charge on any atom is -0.367 e. The Bertz CT molecular complexity index is 394. The van der Waals surface area contributed by atoms with E-state index in [0.717, 1.165) is 0 Å². The average Bonchev–Trinajstić information content (AvgIpc) is 2.34. The van der Waals surface area contributed by atoms with Gasteiger partial charge in [0.25, 0.3) is 0 Å². The average molecular weight is 135 g/mol. The highest BCUT2D eigenvalue weighted by Crippen LogP contribution is 2.00. The van der Waals surface area contributed by atoms with Crippen molar-refractivity contribution < 1.29 is 1.37 Å². The van der Waals surface area contributed by atoms with Crippen molar-refractivity contribution in [3.63, 3.8) is 0 Å². The Kier molecular flexibility index (Phi) is 0.725. The van der Waals surface area contributed by atoms with Crippen LogP contribution in [0, 0.1) is 0 Å². The molecule has 2 aromatic heterocycles. The van der Waals surface area contributed by atoms with Gasteiger partial charge in [0.05, 0.1) is 13.1 Å². The number of nitrogen functional groups attached to an aromatic ring is 1. The monoisotopic (exact) mass is 135 g/mol. The maximum Gasteiger partial charge on any atom is 0.238 e. The molecule has 0 atom stereocenters. The highest BCUT2D eigenvalue weighted by atomic mass is 15.3. The van der Waals surface area contributed by atoms with Crippen molar-refractivity contribution in [2.75, 3.05) is 5.73 Å². The third-order valence-corrected chi connectivity index (χ3v) is 1.22. The van der Waals surface area contributed by atoms with E-state index in [2.05, 4.69) is 10.1 Å². The molecule has 4 nitrogen and oxygen atoms in total. The lowest BCUT2D eigenvalue weighted by molar-refractivity contribution is 0.917. The SMILES string of the molecule is [2H]c1nc(N)nn2cccc12. The molecule has 0 saturated carbocycles. The predicted molar refractivity (Wildman–Crippen MR) is 37.4 cm³/mol. The quantitative estimate of drug-likeness (QED) is 0.565. The molecule has 2 N–H and O–H groups in total.